The van der Waals surface area contributed by atoms with E-state index in [9.17, 15) is 8.42 Å². The largest absolute Gasteiger partial charge is 0.361 e. The summed E-state index contributed by atoms with van der Waals surface area (Å²) in [6.45, 7) is 2.41. The Morgan fingerprint density at radius 1 is 0.962 bits per heavy atom. The lowest BCUT2D eigenvalue weighted by Crippen LogP contribution is -2.25. The standard InChI is InChI=1S/C21H20N2O2S/c1-15-6-9-21-20(12-15)18(14-22-21)10-11-23-26(24,25)19-8-7-16-4-2-3-5-17(16)13-19/h2-9,12-14,22-23H,10-11H2,1H3. The highest BCUT2D eigenvalue weighted by molar-refractivity contribution is 7.89. The van der Waals surface area contributed by atoms with E-state index in [-0.39, 0.29) is 0 Å². The van der Waals surface area contributed by atoms with Gasteiger partial charge in [0, 0.05) is 23.6 Å². The van der Waals surface area contributed by atoms with Crippen LogP contribution in [0, 0.1) is 6.92 Å². The molecule has 2 N–H and O–H groups in total. The van der Waals surface area contributed by atoms with Crippen molar-refractivity contribution in [1.82, 2.24) is 9.71 Å². The van der Waals surface area contributed by atoms with Crippen LogP contribution >= 0.6 is 0 Å². The Labute approximate surface area is 152 Å². The van der Waals surface area contributed by atoms with Gasteiger partial charge >= 0.3 is 0 Å². The summed E-state index contributed by atoms with van der Waals surface area (Å²) in [4.78, 5) is 3.53. The Kier molecular flexibility index (Phi) is 4.26. The third-order valence-corrected chi connectivity index (χ3v) is 6.10. The number of aryl methyl sites for hydroxylation is 1. The first-order valence-corrected chi connectivity index (χ1v) is 10.1. The average Bonchev–Trinajstić information content (AvgIpc) is 3.03. The van der Waals surface area contributed by atoms with Crippen LogP contribution in [0.2, 0.25) is 0 Å². The second kappa shape index (κ2) is 6.59. The lowest BCUT2D eigenvalue weighted by atomic mass is 10.1. The highest BCUT2D eigenvalue weighted by Gasteiger charge is 2.14. The van der Waals surface area contributed by atoms with Crippen molar-refractivity contribution >= 4 is 31.7 Å². The van der Waals surface area contributed by atoms with Gasteiger partial charge in [0.05, 0.1) is 4.90 Å². The molecule has 0 saturated heterocycles. The number of fused-ring (bicyclic) bond motifs is 2. The number of hydrogen-bond acceptors (Lipinski definition) is 2. The first-order chi connectivity index (χ1) is 12.5. The maximum absolute atomic E-state index is 12.6. The molecule has 0 atom stereocenters. The van der Waals surface area contributed by atoms with Gasteiger partial charge in [0.25, 0.3) is 0 Å². The van der Waals surface area contributed by atoms with E-state index in [1.807, 2.05) is 42.6 Å². The minimum atomic E-state index is -3.53. The molecule has 4 nitrogen and oxygen atoms in total. The van der Waals surface area contributed by atoms with E-state index in [1.54, 1.807) is 12.1 Å². The van der Waals surface area contributed by atoms with Gasteiger partial charge in [0.2, 0.25) is 10.0 Å². The summed E-state index contributed by atoms with van der Waals surface area (Å²) < 4.78 is 27.9. The van der Waals surface area contributed by atoms with Crippen LogP contribution in [0.25, 0.3) is 21.7 Å². The number of rotatable bonds is 5. The summed E-state index contributed by atoms with van der Waals surface area (Å²) in [5, 5.41) is 3.10. The summed E-state index contributed by atoms with van der Waals surface area (Å²) in [6.07, 6.45) is 2.59. The molecule has 0 aliphatic rings. The van der Waals surface area contributed by atoms with Crippen molar-refractivity contribution in [3.63, 3.8) is 0 Å². The Morgan fingerprint density at radius 3 is 2.62 bits per heavy atom. The molecule has 0 bridgehead atoms. The third-order valence-electron chi connectivity index (χ3n) is 4.64. The van der Waals surface area contributed by atoms with Crippen LogP contribution in [0.4, 0.5) is 0 Å². The van der Waals surface area contributed by atoms with Gasteiger partial charge in [-0.25, -0.2) is 13.1 Å². The molecule has 0 spiro atoms. The zero-order valence-corrected chi connectivity index (χ0v) is 15.3. The molecule has 26 heavy (non-hydrogen) atoms. The summed E-state index contributed by atoms with van der Waals surface area (Å²) in [6, 6.07) is 19.2. The van der Waals surface area contributed by atoms with Crippen molar-refractivity contribution in [2.24, 2.45) is 0 Å². The predicted octanol–water partition coefficient (Wildman–Crippen LogP) is 4.15. The normalized spacial score (nSPS) is 12.0. The molecule has 132 valence electrons. The van der Waals surface area contributed by atoms with Gasteiger partial charge < -0.3 is 4.98 Å². The Balaban J connectivity index is 1.51. The van der Waals surface area contributed by atoms with Crippen LogP contribution in [0.15, 0.2) is 71.8 Å². The Hall–Kier alpha value is -2.63. The van der Waals surface area contributed by atoms with E-state index >= 15 is 0 Å². The van der Waals surface area contributed by atoms with E-state index in [2.05, 4.69) is 28.8 Å². The van der Waals surface area contributed by atoms with Gasteiger partial charge in [-0.1, -0.05) is 42.0 Å². The lowest BCUT2D eigenvalue weighted by Gasteiger charge is -2.08. The Bertz CT molecular complexity index is 1190. The lowest BCUT2D eigenvalue weighted by molar-refractivity contribution is 0.582. The number of benzene rings is 3. The second-order valence-electron chi connectivity index (χ2n) is 6.52. The second-order valence-corrected chi connectivity index (χ2v) is 8.29. The monoisotopic (exact) mass is 364 g/mol. The van der Waals surface area contributed by atoms with Crippen molar-refractivity contribution in [3.8, 4) is 0 Å². The fraction of sp³-hybridized carbons (Fsp3) is 0.143. The number of aromatic amines is 1. The van der Waals surface area contributed by atoms with Crippen LogP contribution in [0.3, 0.4) is 0 Å². The van der Waals surface area contributed by atoms with Gasteiger partial charge in [-0.3, -0.25) is 0 Å². The highest BCUT2D eigenvalue weighted by atomic mass is 32.2. The van der Waals surface area contributed by atoms with Gasteiger partial charge in [0.1, 0.15) is 0 Å². The molecule has 1 heterocycles. The maximum Gasteiger partial charge on any atom is 0.240 e. The maximum atomic E-state index is 12.6. The molecule has 5 heteroatoms. The van der Waals surface area contributed by atoms with Crippen LogP contribution in [-0.4, -0.2) is 19.9 Å². The topological polar surface area (TPSA) is 62.0 Å². The third kappa shape index (κ3) is 3.23. The first-order valence-electron chi connectivity index (χ1n) is 8.58. The molecule has 3 aromatic carbocycles. The summed E-state index contributed by atoms with van der Waals surface area (Å²) >= 11 is 0. The molecule has 0 aliphatic carbocycles. The van der Waals surface area contributed by atoms with E-state index in [4.69, 9.17) is 0 Å². The summed E-state index contributed by atoms with van der Waals surface area (Å²) in [7, 11) is -3.53. The van der Waals surface area contributed by atoms with Gasteiger partial charge in [-0.15, -0.1) is 0 Å². The molecule has 0 fully saturated rings. The van der Waals surface area contributed by atoms with E-state index < -0.39 is 10.0 Å². The van der Waals surface area contributed by atoms with Crippen LogP contribution < -0.4 is 4.72 Å². The van der Waals surface area contributed by atoms with E-state index in [0.29, 0.717) is 17.9 Å². The van der Waals surface area contributed by atoms with Crippen molar-refractivity contribution in [1.29, 1.82) is 0 Å². The zero-order chi connectivity index (χ0) is 18.1. The minimum absolute atomic E-state index is 0.297. The molecule has 0 aliphatic heterocycles. The molecule has 0 amide bonds. The minimum Gasteiger partial charge on any atom is -0.361 e. The predicted molar refractivity (Wildman–Crippen MR) is 106 cm³/mol. The van der Waals surface area contributed by atoms with Crippen molar-refractivity contribution < 1.29 is 8.42 Å². The number of aromatic nitrogens is 1. The van der Waals surface area contributed by atoms with Gasteiger partial charge in [-0.2, -0.15) is 0 Å². The molecule has 1 aromatic heterocycles. The van der Waals surface area contributed by atoms with Gasteiger partial charge in [0.15, 0.2) is 0 Å². The van der Waals surface area contributed by atoms with E-state index in [0.717, 1.165) is 27.2 Å². The number of sulfonamides is 1. The Morgan fingerprint density at radius 2 is 1.77 bits per heavy atom. The van der Waals surface area contributed by atoms with Crippen LogP contribution in [0.1, 0.15) is 11.1 Å². The molecule has 4 aromatic rings. The molecule has 0 saturated carbocycles. The zero-order valence-electron chi connectivity index (χ0n) is 14.5. The number of H-pyrrole nitrogens is 1. The smallest absolute Gasteiger partial charge is 0.240 e. The SMILES string of the molecule is Cc1ccc2[nH]cc(CCNS(=O)(=O)c3ccc4ccccc4c3)c2c1. The van der Waals surface area contributed by atoms with Crippen molar-refractivity contribution in [2.75, 3.05) is 6.54 Å². The molecular weight excluding hydrogens is 344 g/mol. The van der Waals surface area contributed by atoms with Crippen molar-refractivity contribution in [3.05, 3.63) is 78.0 Å². The fourth-order valence-electron chi connectivity index (χ4n) is 3.24. The van der Waals surface area contributed by atoms with Crippen LogP contribution in [0.5, 0.6) is 0 Å². The highest BCUT2D eigenvalue weighted by Crippen LogP contribution is 2.21. The van der Waals surface area contributed by atoms with Crippen molar-refractivity contribution in [2.45, 2.75) is 18.2 Å². The molecule has 0 radical (unpaired) electrons. The molecule has 0 unspecified atom stereocenters. The molecular formula is C21H20N2O2S. The fourth-order valence-corrected chi connectivity index (χ4v) is 4.30. The molecule has 4 rings (SSSR count). The van der Waals surface area contributed by atoms with Gasteiger partial charge in [-0.05, 0) is 53.9 Å². The number of nitrogens with one attached hydrogen (secondary N) is 2. The van der Waals surface area contributed by atoms with E-state index in [1.165, 1.54) is 5.56 Å². The first kappa shape index (κ1) is 16.8. The van der Waals surface area contributed by atoms with Crippen LogP contribution in [-0.2, 0) is 16.4 Å². The number of hydrogen-bond donors (Lipinski definition) is 2. The summed E-state index contributed by atoms with van der Waals surface area (Å²) in [5.74, 6) is 0. The quantitative estimate of drug-likeness (QED) is 0.559. The average molecular weight is 364 g/mol. The summed E-state index contributed by atoms with van der Waals surface area (Å²) in [5.41, 5.74) is 3.38.